The summed E-state index contributed by atoms with van der Waals surface area (Å²) in [4.78, 5) is 38.9. The number of aryl methyl sites for hydroxylation is 1. The quantitative estimate of drug-likeness (QED) is 0.662. The molecule has 0 bridgehead atoms. The number of hydrogen-bond acceptors (Lipinski definition) is 4. The fourth-order valence-corrected chi connectivity index (χ4v) is 2.69. The Morgan fingerprint density at radius 2 is 1.64 bits per heavy atom. The third-order valence-electron chi connectivity index (χ3n) is 3.86. The van der Waals surface area contributed by atoms with Crippen LogP contribution in [0.25, 0.3) is 0 Å². The van der Waals surface area contributed by atoms with Crippen LogP contribution in [0.2, 0.25) is 0 Å². The second kappa shape index (κ2) is 6.96. The third-order valence-corrected chi connectivity index (χ3v) is 3.86. The van der Waals surface area contributed by atoms with Gasteiger partial charge in [-0.25, -0.2) is 13.6 Å². The Morgan fingerprint density at radius 1 is 1.08 bits per heavy atom. The molecule has 7 heteroatoms. The average molecular weight is 349 g/mol. The molecular weight excluding hydrogens is 332 g/mol. The van der Waals surface area contributed by atoms with Gasteiger partial charge in [-0.05, 0) is 45.4 Å². The highest BCUT2D eigenvalue weighted by Crippen LogP contribution is 2.21. The highest BCUT2D eigenvalue weighted by Gasteiger charge is 2.28. The predicted molar refractivity (Wildman–Crippen MR) is 85.8 cm³/mol. The number of aromatic nitrogens is 1. The number of hydrogen-bond donors (Lipinski definition) is 1. The molecule has 0 spiro atoms. The summed E-state index contributed by atoms with van der Waals surface area (Å²) in [6, 6.07) is 2.96. The molecule has 1 N–H and O–H groups in total. The zero-order chi connectivity index (χ0) is 18.9. The van der Waals surface area contributed by atoms with E-state index in [0.29, 0.717) is 16.8 Å². The van der Waals surface area contributed by atoms with E-state index in [-0.39, 0.29) is 11.5 Å². The highest BCUT2D eigenvalue weighted by molar-refractivity contribution is 6.05. The van der Waals surface area contributed by atoms with Crippen molar-refractivity contribution in [1.29, 1.82) is 0 Å². The van der Waals surface area contributed by atoms with Crippen LogP contribution in [0.5, 0.6) is 0 Å². The molecule has 0 amide bonds. The maximum Gasteiger partial charge on any atom is 0.344 e. The number of esters is 1. The molecular formula is C18H17F2NO4. The fraction of sp³-hybridized carbons (Fsp3) is 0.278. The summed E-state index contributed by atoms with van der Waals surface area (Å²) in [5.41, 5.74) is 0.618. The van der Waals surface area contributed by atoms with Gasteiger partial charge in [0.2, 0.25) is 5.78 Å². The van der Waals surface area contributed by atoms with Crippen molar-refractivity contribution < 1.29 is 27.9 Å². The molecule has 132 valence electrons. The summed E-state index contributed by atoms with van der Waals surface area (Å²) < 4.78 is 32.1. The van der Waals surface area contributed by atoms with Crippen molar-refractivity contribution in [2.24, 2.45) is 0 Å². The summed E-state index contributed by atoms with van der Waals surface area (Å²) in [6.07, 6.45) is -1.29. The molecule has 1 atom stereocenters. The normalized spacial score (nSPS) is 11.9. The summed E-state index contributed by atoms with van der Waals surface area (Å²) in [6.45, 7) is 5.91. The SMILES string of the molecule is CC(=O)c1c(C)[nH]c(C(=O)[C@H](C)OC(=O)c2c(F)cccc2F)c1C. The van der Waals surface area contributed by atoms with E-state index in [1.807, 2.05) is 0 Å². The zero-order valence-electron chi connectivity index (χ0n) is 14.2. The van der Waals surface area contributed by atoms with Gasteiger partial charge in [0.15, 0.2) is 11.9 Å². The molecule has 0 saturated carbocycles. The first-order chi connectivity index (χ1) is 11.6. The summed E-state index contributed by atoms with van der Waals surface area (Å²) in [5.74, 6) is -4.23. The Hall–Kier alpha value is -2.83. The Balaban J connectivity index is 2.26. The molecule has 2 rings (SSSR count). The Morgan fingerprint density at radius 3 is 2.12 bits per heavy atom. The van der Waals surface area contributed by atoms with Gasteiger partial charge >= 0.3 is 5.97 Å². The fourth-order valence-electron chi connectivity index (χ4n) is 2.69. The number of halogens is 2. The first-order valence-electron chi connectivity index (χ1n) is 7.54. The molecule has 2 aromatic rings. The van der Waals surface area contributed by atoms with Gasteiger partial charge in [0, 0.05) is 11.3 Å². The van der Waals surface area contributed by atoms with Crippen LogP contribution in [0, 0.1) is 25.5 Å². The molecule has 0 aliphatic heterocycles. The third kappa shape index (κ3) is 3.50. The minimum atomic E-state index is -1.29. The van der Waals surface area contributed by atoms with Crippen molar-refractivity contribution >= 4 is 17.5 Å². The largest absolute Gasteiger partial charge is 0.450 e. The Kier molecular flexibility index (Phi) is 5.15. The predicted octanol–water partition coefficient (Wildman–Crippen LogP) is 3.54. The van der Waals surface area contributed by atoms with Crippen molar-refractivity contribution in [1.82, 2.24) is 4.98 Å². The van der Waals surface area contributed by atoms with Gasteiger partial charge in [-0.1, -0.05) is 6.07 Å². The van der Waals surface area contributed by atoms with E-state index in [2.05, 4.69) is 4.98 Å². The minimum Gasteiger partial charge on any atom is -0.450 e. The number of nitrogens with one attached hydrogen (secondary N) is 1. The van der Waals surface area contributed by atoms with E-state index in [1.54, 1.807) is 13.8 Å². The van der Waals surface area contributed by atoms with Crippen LogP contribution in [0.1, 0.15) is 56.3 Å². The number of ether oxygens (including phenoxy) is 1. The highest BCUT2D eigenvalue weighted by atomic mass is 19.1. The average Bonchev–Trinajstić information content (AvgIpc) is 2.80. The van der Waals surface area contributed by atoms with Crippen LogP contribution in [0.15, 0.2) is 18.2 Å². The lowest BCUT2D eigenvalue weighted by Crippen LogP contribution is -2.26. The maximum atomic E-state index is 13.6. The summed E-state index contributed by atoms with van der Waals surface area (Å²) >= 11 is 0. The van der Waals surface area contributed by atoms with Crippen molar-refractivity contribution in [3.8, 4) is 0 Å². The van der Waals surface area contributed by atoms with Gasteiger partial charge in [0.1, 0.15) is 17.2 Å². The number of benzene rings is 1. The molecule has 1 heterocycles. The molecule has 1 aromatic heterocycles. The maximum absolute atomic E-state index is 13.6. The van der Waals surface area contributed by atoms with Gasteiger partial charge in [0.25, 0.3) is 0 Å². The van der Waals surface area contributed by atoms with Crippen LogP contribution >= 0.6 is 0 Å². The van der Waals surface area contributed by atoms with Gasteiger partial charge in [-0.15, -0.1) is 0 Å². The molecule has 0 aliphatic carbocycles. The summed E-state index contributed by atoms with van der Waals surface area (Å²) in [5, 5.41) is 0. The zero-order valence-corrected chi connectivity index (χ0v) is 14.2. The molecule has 0 saturated heterocycles. The Bertz CT molecular complexity index is 850. The van der Waals surface area contributed by atoms with E-state index in [9.17, 15) is 23.2 Å². The first-order valence-corrected chi connectivity index (χ1v) is 7.54. The van der Waals surface area contributed by atoms with Crippen LogP contribution in [-0.4, -0.2) is 28.6 Å². The second-order valence-corrected chi connectivity index (χ2v) is 5.69. The summed E-state index contributed by atoms with van der Waals surface area (Å²) in [7, 11) is 0. The molecule has 25 heavy (non-hydrogen) atoms. The van der Waals surface area contributed by atoms with Crippen molar-refractivity contribution in [2.45, 2.75) is 33.8 Å². The molecule has 0 radical (unpaired) electrons. The minimum absolute atomic E-state index is 0.122. The molecule has 1 aromatic carbocycles. The lowest BCUT2D eigenvalue weighted by Gasteiger charge is -2.13. The number of aromatic amines is 1. The molecule has 0 aliphatic rings. The number of H-pyrrole nitrogens is 1. The smallest absolute Gasteiger partial charge is 0.344 e. The van der Waals surface area contributed by atoms with E-state index in [1.165, 1.54) is 13.8 Å². The number of carbonyl (C=O) groups excluding carboxylic acids is 3. The monoisotopic (exact) mass is 349 g/mol. The number of ketones is 2. The van der Waals surface area contributed by atoms with Crippen LogP contribution in [-0.2, 0) is 4.74 Å². The van der Waals surface area contributed by atoms with Crippen LogP contribution < -0.4 is 0 Å². The van der Waals surface area contributed by atoms with Crippen molar-refractivity contribution in [2.75, 3.05) is 0 Å². The van der Waals surface area contributed by atoms with Crippen molar-refractivity contribution in [3.05, 3.63) is 57.9 Å². The standard InChI is InChI=1S/C18H17F2NO4/c1-8-14(10(3)22)9(2)21-16(8)17(23)11(4)25-18(24)15-12(19)6-5-7-13(15)20/h5-7,11,21H,1-4H3/t11-/m0/s1. The first kappa shape index (κ1) is 18.5. The number of Topliss-reactive ketones (excluding diaryl/α,β-unsaturated/α-hetero) is 2. The van der Waals surface area contributed by atoms with E-state index in [0.717, 1.165) is 18.2 Å². The van der Waals surface area contributed by atoms with Gasteiger partial charge < -0.3 is 9.72 Å². The number of carbonyl (C=O) groups is 3. The van der Waals surface area contributed by atoms with Crippen LogP contribution in [0.4, 0.5) is 8.78 Å². The molecule has 0 unspecified atom stereocenters. The Labute approximate surface area is 143 Å². The molecule has 0 fully saturated rings. The van der Waals surface area contributed by atoms with E-state index < -0.39 is 35.1 Å². The van der Waals surface area contributed by atoms with Crippen molar-refractivity contribution in [3.63, 3.8) is 0 Å². The van der Waals surface area contributed by atoms with Gasteiger partial charge in [-0.3, -0.25) is 9.59 Å². The topological polar surface area (TPSA) is 76.2 Å². The lowest BCUT2D eigenvalue weighted by molar-refractivity contribution is 0.0307. The van der Waals surface area contributed by atoms with Gasteiger partial charge in [-0.2, -0.15) is 0 Å². The number of rotatable bonds is 5. The van der Waals surface area contributed by atoms with Crippen LogP contribution in [0.3, 0.4) is 0 Å². The van der Waals surface area contributed by atoms with Gasteiger partial charge in [0.05, 0.1) is 5.69 Å². The van der Waals surface area contributed by atoms with E-state index >= 15 is 0 Å². The molecule has 5 nitrogen and oxygen atoms in total. The van der Waals surface area contributed by atoms with E-state index in [4.69, 9.17) is 4.74 Å². The lowest BCUT2D eigenvalue weighted by atomic mass is 10.0. The second-order valence-electron chi connectivity index (χ2n) is 5.69.